The van der Waals surface area contributed by atoms with E-state index in [2.05, 4.69) is 25.6 Å². The van der Waals surface area contributed by atoms with Crippen LogP contribution in [0.3, 0.4) is 0 Å². The maximum Gasteiger partial charge on any atom is 0.244 e. The first kappa shape index (κ1) is 15.8. The number of sulfonamides is 1. The molecular weight excluding hydrogens is 344 g/mol. The molecule has 7 heteroatoms. The van der Waals surface area contributed by atoms with Crippen molar-refractivity contribution in [3.63, 3.8) is 0 Å². The van der Waals surface area contributed by atoms with Gasteiger partial charge in [-0.3, -0.25) is 0 Å². The van der Waals surface area contributed by atoms with Crippen molar-refractivity contribution >= 4 is 26.0 Å². The van der Waals surface area contributed by atoms with Crippen LogP contribution in [0.2, 0.25) is 0 Å². The predicted octanol–water partition coefficient (Wildman–Crippen LogP) is 1.83. The van der Waals surface area contributed by atoms with Crippen molar-refractivity contribution in [2.45, 2.75) is 23.8 Å². The summed E-state index contributed by atoms with van der Waals surface area (Å²) in [6, 6.07) is 5.55. The third-order valence-electron chi connectivity index (χ3n) is 3.34. The molecular formula is C13H19BrN2O3S. The topological polar surface area (TPSA) is 58.6 Å². The van der Waals surface area contributed by atoms with Gasteiger partial charge < -0.3 is 9.64 Å². The van der Waals surface area contributed by atoms with Crippen LogP contribution in [0.15, 0.2) is 27.6 Å². The lowest BCUT2D eigenvalue weighted by atomic mass is 10.3. The van der Waals surface area contributed by atoms with Crippen molar-refractivity contribution in [3.05, 3.63) is 22.7 Å². The Bertz CT molecular complexity index is 573. The Morgan fingerprint density at radius 3 is 2.75 bits per heavy atom. The average Bonchev–Trinajstić information content (AvgIpc) is 3.22. The van der Waals surface area contributed by atoms with E-state index in [1.807, 2.05) is 7.05 Å². The lowest BCUT2D eigenvalue weighted by molar-refractivity contribution is 0.329. The second kappa shape index (κ2) is 6.43. The molecule has 1 fully saturated rings. The molecule has 0 amide bonds. The summed E-state index contributed by atoms with van der Waals surface area (Å²) in [5.74, 6) is 0.344. The van der Waals surface area contributed by atoms with Gasteiger partial charge in [-0.25, -0.2) is 13.1 Å². The zero-order valence-corrected chi connectivity index (χ0v) is 14.0. The molecule has 0 saturated heterocycles. The smallest absolute Gasteiger partial charge is 0.244 e. The van der Waals surface area contributed by atoms with Gasteiger partial charge in [0.15, 0.2) is 0 Å². The van der Waals surface area contributed by atoms with Crippen LogP contribution in [-0.4, -0.2) is 46.6 Å². The molecule has 0 heterocycles. The minimum absolute atomic E-state index is 0.156. The predicted molar refractivity (Wildman–Crippen MR) is 81.5 cm³/mol. The summed E-state index contributed by atoms with van der Waals surface area (Å²) in [6.45, 7) is 1.10. The van der Waals surface area contributed by atoms with Gasteiger partial charge in [0.1, 0.15) is 10.6 Å². The Balaban J connectivity index is 2.03. The van der Waals surface area contributed by atoms with Crippen molar-refractivity contribution in [1.29, 1.82) is 0 Å². The quantitative estimate of drug-likeness (QED) is 0.803. The zero-order valence-electron chi connectivity index (χ0n) is 11.6. The molecule has 20 heavy (non-hydrogen) atoms. The van der Waals surface area contributed by atoms with E-state index in [9.17, 15) is 8.42 Å². The van der Waals surface area contributed by atoms with Crippen molar-refractivity contribution in [2.75, 3.05) is 27.2 Å². The molecule has 2 rings (SSSR count). The molecule has 1 aliphatic rings. The summed E-state index contributed by atoms with van der Waals surface area (Å²) >= 11 is 3.28. The van der Waals surface area contributed by atoms with Crippen molar-refractivity contribution in [2.24, 2.45) is 0 Å². The lowest BCUT2D eigenvalue weighted by Crippen LogP contribution is -2.34. The van der Waals surface area contributed by atoms with E-state index >= 15 is 0 Å². The van der Waals surface area contributed by atoms with Crippen LogP contribution < -0.4 is 9.46 Å². The highest BCUT2D eigenvalue weighted by Crippen LogP contribution is 2.27. The summed E-state index contributed by atoms with van der Waals surface area (Å²) in [5, 5.41) is 0. The molecule has 1 saturated carbocycles. The largest absolute Gasteiger partial charge is 0.495 e. The lowest BCUT2D eigenvalue weighted by Gasteiger charge is -2.16. The molecule has 0 bridgehead atoms. The van der Waals surface area contributed by atoms with Gasteiger partial charge in [-0.05, 0) is 38.1 Å². The van der Waals surface area contributed by atoms with Crippen LogP contribution in [0.5, 0.6) is 5.75 Å². The molecule has 5 nitrogen and oxygen atoms in total. The molecule has 1 aromatic carbocycles. The molecule has 0 aliphatic heterocycles. The molecule has 0 radical (unpaired) electrons. The summed E-state index contributed by atoms with van der Waals surface area (Å²) in [4.78, 5) is 2.34. The van der Waals surface area contributed by atoms with Crippen LogP contribution in [0.4, 0.5) is 0 Å². The van der Waals surface area contributed by atoms with Crippen molar-refractivity contribution in [1.82, 2.24) is 9.62 Å². The maximum atomic E-state index is 12.3. The Labute approximate surface area is 128 Å². The first-order valence-electron chi connectivity index (χ1n) is 6.47. The number of ether oxygens (including phenoxy) is 1. The Morgan fingerprint density at radius 1 is 1.45 bits per heavy atom. The van der Waals surface area contributed by atoms with E-state index in [0.29, 0.717) is 29.4 Å². The van der Waals surface area contributed by atoms with Crippen molar-refractivity contribution < 1.29 is 13.2 Å². The highest BCUT2D eigenvalue weighted by molar-refractivity contribution is 9.10. The number of nitrogens with zero attached hydrogens (tertiary/aromatic N) is 1. The average molecular weight is 363 g/mol. The highest BCUT2D eigenvalue weighted by Gasteiger charge is 2.26. The SMILES string of the molecule is COc1ccc(Br)cc1S(=O)(=O)NCCN(C)C1CC1. The minimum Gasteiger partial charge on any atom is -0.495 e. The molecule has 0 atom stereocenters. The Morgan fingerprint density at radius 2 is 2.15 bits per heavy atom. The van der Waals surface area contributed by atoms with Crippen LogP contribution in [-0.2, 0) is 10.0 Å². The maximum absolute atomic E-state index is 12.3. The van der Waals surface area contributed by atoms with Gasteiger partial charge >= 0.3 is 0 Å². The van der Waals surface area contributed by atoms with E-state index in [-0.39, 0.29) is 4.90 Å². The van der Waals surface area contributed by atoms with Gasteiger partial charge in [-0.15, -0.1) is 0 Å². The number of rotatable bonds is 7. The van der Waals surface area contributed by atoms with Crippen LogP contribution in [0, 0.1) is 0 Å². The van der Waals surface area contributed by atoms with Gasteiger partial charge in [-0.1, -0.05) is 15.9 Å². The molecule has 1 aliphatic carbocycles. The summed E-state index contributed by atoms with van der Waals surface area (Å²) < 4.78 is 33.0. The van der Waals surface area contributed by atoms with E-state index in [1.165, 1.54) is 20.0 Å². The van der Waals surface area contributed by atoms with E-state index in [1.54, 1.807) is 18.2 Å². The Kier molecular flexibility index (Phi) is 5.06. The van der Waals surface area contributed by atoms with Gasteiger partial charge in [-0.2, -0.15) is 0 Å². The van der Waals surface area contributed by atoms with E-state index in [0.717, 1.165) is 0 Å². The normalized spacial score (nSPS) is 15.6. The minimum atomic E-state index is -3.56. The van der Waals surface area contributed by atoms with Crippen LogP contribution in [0.25, 0.3) is 0 Å². The summed E-state index contributed by atoms with van der Waals surface area (Å²) in [7, 11) is -0.0772. The molecule has 0 aromatic heterocycles. The second-order valence-electron chi connectivity index (χ2n) is 4.90. The number of halogens is 1. The standard InChI is InChI=1S/C13H19BrN2O3S/c1-16(11-4-5-11)8-7-15-20(17,18)13-9-10(14)3-6-12(13)19-2/h3,6,9,11,15H,4-5,7-8H2,1-2H3. The first-order valence-corrected chi connectivity index (χ1v) is 8.75. The molecule has 0 spiro atoms. The van der Waals surface area contributed by atoms with Gasteiger partial charge in [0.05, 0.1) is 7.11 Å². The Hall–Kier alpha value is -0.630. The number of benzene rings is 1. The fourth-order valence-electron chi connectivity index (χ4n) is 1.99. The van der Waals surface area contributed by atoms with Crippen LogP contribution in [0.1, 0.15) is 12.8 Å². The number of hydrogen-bond donors (Lipinski definition) is 1. The van der Waals surface area contributed by atoms with Gasteiger partial charge in [0.25, 0.3) is 0 Å². The van der Waals surface area contributed by atoms with Crippen LogP contribution >= 0.6 is 15.9 Å². The third-order valence-corrected chi connectivity index (χ3v) is 5.32. The number of nitrogens with one attached hydrogen (secondary N) is 1. The fraction of sp³-hybridized carbons (Fsp3) is 0.538. The number of methoxy groups -OCH3 is 1. The third kappa shape index (κ3) is 3.94. The molecule has 1 aromatic rings. The van der Waals surface area contributed by atoms with Gasteiger partial charge in [0.2, 0.25) is 10.0 Å². The van der Waals surface area contributed by atoms with E-state index in [4.69, 9.17) is 4.74 Å². The highest BCUT2D eigenvalue weighted by atomic mass is 79.9. The summed E-state index contributed by atoms with van der Waals surface area (Å²) in [5.41, 5.74) is 0. The zero-order chi connectivity index (χ0) is 14.8. The molecule has 0 unspecified atom stereocenters. The second-order valence-corrected chi connectivity index (χ2v) is 7.56. The number of hydrogen-bond acceptors (Lipinski definition) is 4. The fourth-order valence-corrected chi connectivity index (χ4v) is 3.72. The van der Waals surface area contributed by atoms with E-state index < -0.39 is 10.0 Å². The summed E-state index contributed by atoms with van der Waals surface area (Å²) in [6.07, 6.45) is 2.42. The number of likely N-dealkylation sites (N-methyl/N-ethyl adjacent to an activating group) is 1. The monoisotopic (exact) mass is 362 g/mol. The molecule has 112 valence electrons. The van der Waals surface area contributed by atoms with Gasteiger partial charge in [0, 0.05) is 23.6 Å². The first-order chi connectivity index (χ1) is 9.44. The molecule has 1 N–H and O–H groups in total. The van der Waals surface area contributed by atoms with Crippen molar-refractivity contribution in [3.8, 4) is 5.75 Å².